The molecule has 0 unspecified atom stereocenters. The van der Waals surface area contributed by atoms with E-state index < -0.39 is 29.9 Å². The van der Waals surface area contributed by atoms with Gasteiger partial charge in [-0.3, -0.25) is 9.69 Å². The Morgan fingerprint density at radius 1 is 1.21 bits per heavy atom. The van der Waals surface area contributed by atoms with E-state index in [0.717, 1.165) is 0 Å². The van der Waals surface area contributed by atoms with E-state index in [1.165, 1.54) is 18.2 Å². The van der Waals surface area contributed by atoms with Crippen LogP contribution in [-0.4, -0.2) is 42.9 Å². The summed E-state index contributed by atoms with van der Waals surface area (Å²) in [5, 5.41) is 2.90. The summed E-state index contributed by atoms with van der Waals surface area (Å²) in [7, 11) is 0. The first-order valence-corrected chi connectivity index (χ1v) is 8.20. The highest BCUT2D eigenvalue weighted by Gasteiger charge is 2.47. The molecule has 0 bridgehead atoms. The van der Waals surface area contributed by atoms with Crippen molar-refractivity contribution in [2.75, 3.05) is 19.6 Å². The van der Waals surface area contributed by atoms with Gasteiger partial charge in [-0.05, 0) is 31.4 Å². The van der Waals surface area contributed by atoms with E-state index in [2.05, 4.69) is 5.32 Å². The number of rotatable bonds is 5. The molecule has 7 heteroatoms. The smallest absolute Gasteiger partial charge is 0.251 e. The van der Waals surface area contributed by atoms with Crippen LogP contribution in [0.5, 0.6) is 0 Å². The normalized spacial score (nSPS) is 25.0. The van der Waals surface area contributed by atoms with Crippen molar-refractivity contribution in [1.29, 1.82) is 0 Å². The SMILES string of the molecule is O=C(NC1CCN(CC(F)F)CC1)[C@H]1C[C@@H]1c1c(F)cccc1F. The van der Waals surface area contributed by atoms with E-state index in [9.17, 15) is 22.4 Å². The number of nitrogens with one attached hydrogen (secondary N) is 1. The Labute approximate surface area is 138 Å². The summed E-state index contributed by atoms with van der Waals surface area (Å²) in [6.07, 6.45) is -0.680. The highest BCUT2D eigenvalue weighted by Crippen LogP contribution is 2.49. The Kier molecular flexibility index (Phi) is 5.08. The van der Waals surface area contributed by atoms with Gasteiger partial charge in [0.1, 0.15) is 11.6 Å². The van der Waals surface area contributed by atoms with E-state index in [-0.39, 0.29) is 24.1 Å². The molecule has 1 aliphatic heterocycles. The third-order valence-electron chi connectivity index (χ3n) is 4.83. The highest BCUT2D eigenvalue weighted by atomic mass is 19.3. The lowest BCUT2D eigenvalue weighted by molar-refractivity contribution is -0.123. The maximum Gasteiger partial charge on any atom is 0.251 e. The van der Waals surface area contributed by atoms with Crippen LogP contribution in [0.25, 0.3) is 0 Å². The topological polar surface area (TPSA) is 32.3 Å². The lowest BCUT2D eigenvalue weighted by Gasteiger charge is -2.32. The van der Waals surface area contributed by atoms with Crippen molar-refractivity contribution >= 4 is 5.91 Å². The number of carbonyl (C=O) groups is 1. The van der Waals surface area contributed by atoms with Gasteiger partial charge in [0.15, 0.2) is 0 Å². The Morgan fingerprint density at radius 3 is 2.42 bits per heavy atom. The van der Waals surface area contributed by atoms with Crippen molar-refractivity contribution in [3.05, 3.63) is 35.4 Å². The van der Waals surface area contributed by atoms with Gasteiger partial charge >= 0.3 is 0 Å². The van der Waals surface area contributed by atoms with Gasteiger partial charge in [-0.25, -0.2) is 17.6 Å². The molecule has 0 radical (unpaired) electrons. The lowest BCUT2D eigenvalue weighted by Crippen LogP contribution is -2.46. The minimum Gasteiger partial charge on any atom is -0.353 e. The molecule has 2 fully saturated rings. The molecule has 1 heterocycles. The van der Waals surface area contributed by atoms with Gasteiger partial charge in [-0.15, -0.1) is 0 Å². The van der Waals surface area contributed by atoms with Gasteiger partial charge in [-0.1, -0.05) is 6.07 Å². The van der Waals surface area contributed by atoms with Gasteiger partial charge in [0.2, 0.25) is 5.91 Å². The summed E-state index contributed by atoms with van der Waals surface area (Å²) in [5.41, 5.74) is -0.00981. The number of nitrogens with zero attached hydrogens (tertiary/aromatic N) is 1. The number of halogens is 4. The molecular formula is C17H20F4N2O. The monoisotopic (exact) mass is 344 g/mol. The molecule has 2 atom stereocenters. The summed E-state index contributed by atoms with van der Waals surface area (Å²) in [6.45, 7) is 0.800. The summed E-state index contributed by atoms with van der Waals surface area (Å²) in [6, 6.07) is 3.64. The molecule has 1 amide bonds. The van der Waals surface area contributed by atoms with E-state index >= 15 is 0 Å². The number of amides is 1. The molecule has 132 valence electrons. The second-order valence-corrected chi connectivity index (χ2v) is 6.56. The van der Waals surface area contributed by atoms with Gasteiger partial charge in [-0.2, -0.15) is 0 Å². The maximum atomic E-state index is 13.7. The second kappa shape index (κ2) is 7.09. The summed E-state index contributed by atoms with van der Waals surface area (Å²) in [4.78, 5) is 13.9. The van der Waals surface area contributed by atoms with Crippen LogP contribution in [0.2, 0.25) is 0 Å². The fourth-order valence-corrected chi connectivity index (χ4v) is 3.43. The number of alkyl halides is 2. The van der Waals surface area contributed by atoms with Crippen LogP contribution < -0.4 is 5.32 Å². The van der Waals surface area contributed by atoms with Gasteiger partial charge in [0.05, 0.1) is 6.54 Å². The molecule has 24 heavy (non-hydrogen) atoms. The van der Waals surface area contributed by atoms with Crippen LogP contribution in [0.1, 0.15) is 30.7 Å². The van der Waals surface area contributed by atoms with Crippen molar-refractivity contribution < 1.29 is 22.4 Å². The molecule has 1 saturated heterocycles. The van der Waals surface area contributed by atoms with Gasteiger partial charge in [0.25, 0.3) is 6.43 Å². The first-order chi connectivity index (χ1) is 11.5. The Morgan fingerprint density at radius 2 is 1.83 bits per heavy atom. The molecule has 3 rings (SSSR count). The molecule has 1 N–H and O–H groups in total. The van der Waals surface area contributed by atoms with Crippen LogP contribution in [0.15, 0.2) is 18.2 Å². The molecule has 0 aromatic heterocycles. The zero-order chi connectivity index (χ0) is 17.3. The Bertz CT molecular complexity index is 582. The number of hydrogen-bond donors (Lipinski definition) is 1. The van der Waals surface area contributed by atoms with Gasteiger partial charge < -0.3 is 5.32 Å². The molecule has 0 spiro atoms. The van der Waals surface area contributed by atoms with Gasteiger partial charge in [0, 0.05) is 36.5 Å². The minimum absolute atomic E-state index is 0.00981. The highest BCUT2D eigenvalue weighted by molar-refractivity contribution is 5.83. The molecule has 1 aromatic rings. The predicted octanol–water partition coefficient (Wildman–Crippen LogP) is 2.91. The number of benzene rings is 1. The van der Waals surface area contributed by atoms with Crippen molar-refractivity contribution in [2.45, 2.75) is 37.6 Å². The van der Waals surface area contributed by atoms with E-state index in [0.29, 0.717) is 32.4 Å². The van der Waals surface area contributed by atoms with E-state index in [4.69, 9.17) is 0 Å². The maximum absolute atomic E-state index is 13.7. The van der Waals surface area contributed by atoms with E-state index in [1.54, 1.807) is 4.90 Å². The van der Waals surface area contributed by atoms with Crippen molar-refractivity contribution in [3.8, 4) is 0 Å². The second-order valence-electron chi connectivity index (χ2n) is 6.56. The van der Waals surface area contributed by atoms with Crippen LogP contribution in [0.4, 0.5) is 17.6 Å². The first-order valence-electron chi connectivity index (χ1n) is 8.20. The van der Waals surface area contributed by atoms with Crippen LogP contribution in [0.3, 0.4) is 0 Å². The third kappa shape index (κ3) is 3.88. The number of likely N-dealkylation sites (tertiary alicyclic amines) is 1. The Balaban J connectivity index is 1.49. The molecule has 1 aliphatic carbocycles. The largest absolute Gasteiger partial charge is 0.353 e. The Hall–Kier alpha value is -1.63. The lowest BCUT2D eigenvalue weighted by atomic mass is 10.0. The van der Waals surface area contributed by atoms with Crippen LogP contribution in [0, 0.1) is 17.6 Å². The molecular weight excluding hydrogens is 324 g/mol. The van der Waals surface area contributed by atoms with Crippen molar-refractivity contribution in [3.63, 3.8) is 0 Å². The molecule has 3 nitrogen and oxygen atoms in total. The van der Waals surface area contributed by atoms with E-state index in [1.807, 2.05) is 0 Å². The summed E-state index contributed by atoms with van der Waals surface area (Å²) >= 11 is 0. The average Bonchev–Trinajstić information content (AvgIpc) is 3.29. The predicted molar refractivity (Wildman–Crippen MR) is 80.8 cm³/mol. The van der Waals surface area contributed by atoms with Crippen molar-refractivity contribution in [2.24, 2.45) is 5.92 Å². The quantitative estimate of drug-likeness (QED) is 0.833. The number of hydrogen-bond acceptors (Lipinski definition) is 2. The first kappa shape index (κ1) is 17.2. The third-order valence-corrected chi connectivity index (χ3v) is 4.83. The standard InChI is InChI=1S/C17H20F4N2O/c18-13-2-1-3-14(19)16(13)11-8-12(11)17(24)22-10-4-6-23(7-5-10)9-15(20)21/h1-3,10-12,15H,4-9H2,(H,22,24)/t11-,12-/m0/s1. The minimum atomic E-state index is -2.35. The fraction of sp³-hybridized carbons (Fsp3) is 0.588. The fourth-order valence-electron chi connectivity index (χ4n) is 3.43. The zero-order valence-electron chi connectivity index (χ0n) is 13.2. The summed E-state index contributed by atoms with van der Waals surface area (Å²) in [5.74, 6) is -2.25. The van der Waals surface area contributed by atoms with Crippen LogP contribution >= 0.6 is 0 Å². The summed E-state index contributed by atoms with van der Waals surface area (Å²) < 4.78 is 52.2. The van der Waals surface area contributed by atoms with Crippen LogP contribution in [-0.2, 0) is 4.79 Å². The molecule has 1 saturated carbocycles. The number of carbonyl (C=O) groups excluding carboxylic acids is 1. The van der Waals surface area contributed by atoms with Crippen molar-refractivity contribution in [1.82, 2.24) is 10.2 Å². The number of piperidine rings is 1. The molecule has 2 aliphatic rings. The molecule has 1 aromatic carbocycles. The average molecular weight is 344 g/mol. The zero-order valence-corrected chi connectivity index (χ0v) is 13.2.